The first kappa shape index (κ1) is 13.3. The van der Waals surface area contributed by atoms with Crippen molar-refractivity contribution < 1.29 is 37.7 Å². The third-order valence-corrected chi connectivity index (χ3v) is 1.52. The van der Waals surface area contributed by atoms with E-state index in [9.17, 15) is 22.4 Å². The minimum atomic E-state index is -5.13. The van der Waals surface area contributed by atoms with Gasteiger partial charge in [0.2, 0.25) is 0 Å². The van der Waals surface area contributed by atoms with E-state index in [1.165, 1.54) is 0 Å². The highest BCUT2D eigenvalue weighted by Crippen LogP contribution is 2.36. The number of alkyl halides is 4. The first-order chi connectivity index (χ1) is 6.20. The third-order valence-electron chi connectivity index (χ3n) is 1.52. The molecule has 0 amide bonds. The first-order valence-electron chi connectivity index (χ1n) is 3.39. The minimum Gasteiger partial charge on any atom is -0.394 e. The average molecular weight is 220 g/mol. The van der Waals surface area contributed by atoms with E-state index in [1.807, 2.05) is 0 Å². The minimum absolute atomic E-state index is 1.33. The fraction of sp³-hybridized carbons (Fsp3) is 0.833. The number of aliphatic hydroxyl groups excluding tert-OH is 3. The maximum atomic E-state index is 12.5. The summed E-state index contributed by atoms with van der Waals surface area (Å²) < 4.78 is 49.5. The highest BCUT2D eigenvalue weighted by atomic mass is 19.3. The molecule has 8 heteroatoms. The molecule has 0 fully saturated rings. The van der Waals surface area contributed by atoms with E-state index in [0.29, 0.717) is 0 Å². The predicted molar refractivity (Wildman–Crippen MR) is 35.1 cm³/mol. The van der Waals surface area contributed by atoms with Gasteiger partial charge in [0.25, 0.3) is 0 Å². The SMILES string of the molecule is O=CC(F)(F)C(F)(F)[C@@H](O)[C@H](O)CO. The average Bonchev–Trinajstić information content (AvgIpc) is 2.14. The van der Waals surface area contributed by atoms with Gasteiger partial charge in [0.05, 0.1) is 6.61 Å². The van der Waals surface area contributed by atoms with E-state index in [1.54, 1.807) is 0 Å². The van der Waals surface area contributed by atoms with Crippen LogP contribution in [0, 0.1) is 0 Å². The van der Waals surface area contributed by atoms with Crippen molar-refractivity contribution in [2.24, 2.45) is 0 Å². The second kappa shape index (κ2) is 4.20. The van der Waals surface area contributed by atoms with Crippen molar-refractivity contribution in [3.8, 4) is 0 Å². The number of halogens is 4. The Balaban J connectivity index is 4.85. The normalized spacial score (nSPS) is 17.6. The van der Waals surface area contributed by atoms with Gasteiger partial charge in [-0.2, -0.15) is 17.6 Å². The molecular formula is C6H8F4O4. The zero-order valence-corrected chi connectivity index (χ0v) is 6.70. The Hall–Kier alpha value is -0.730. The van der Waals surface area contributed by atoms with Crippen molar-refractivity contribution >= 4 is 6.29 Å². The Kier molecular flexibility index (Phi) is 3.98. The zero-order chi connectivity index (χ0) is 11.6. The lowest BCUT2D eigenvalue weighted by atomic mass is 10.0. The summed E-state index contributed by atoms with van der Waals surface area (Å²) in [6, 6.07) is 0. The Bertz CT molecular complexity index is 208. The Labute approximate surface area is 75.8 Å². The Morgan fingerprint density at radius 3 is 1.93 bits per heavy atom. The second-order valence-electron chi connectivity index (χ2n) is 2.56. The lowest BCUT2D eigenvalue weighted by Gasteiger charge is -2.28. The van der Waals surface area contributed by atoms with Crippen LogP contribution in [0.25, 0.3) is 0 Å². The van der Waals surface area contributed by atoms with Gasteiger partial charge in [-0.3, -0.25) is 4.79 Å². The summed E-state index contributed by atoms with van der Waals surface area (Å²) in [7, 11) is 0. The van der Waals surface area contributed by atoms with Gasteiger partial charge >= 0.3 is 11.8 Å². The van der Waals surface area contributed by atoms with Crippen LogP contribution in [0.1, 0.15) is 0 Å². The van der Waals surface area contributed by atoms with Gasteiger partial charge in [-0.15, -0.1) is 0 Å². The molecule has 0 aromatic heterocycles. The van der Waals surface area contributed by atoms with E-state index in [0.717, 1.165) is 0 Å². The zero-order valence-electron chi connectivity index (χ0n) is 6.70. The molecule has 0 spiro atoms. The van der Waals surface area contributed by atoms with Crippen molar-refractivity contribution in [2.45, 2.75) is 24.1 Å². The van der Waals surface area contributed by atoms with Crippen molar-refractivity contribution in [1.29, 1.82) is 0 Å². The van der Waals surface area contributed by atoms with Crippen LogP contribution in [0.4, 0.5) is 17.6 Å². The lowest BCUT2D eigenvalue weighted by molar-refractivity contribution is -0.255. The van der Waals surface area contributed by atoms with Crippen LogP contribution in [0.15, 0.2) is 0 Å². The molecule has 4 nitrogen and oxygen atoms in total. The van der Waals surface area contributed by atoms with Gasteiger partial charge in [-0.25, -0.2) is 0 Å². The lowest BCUT2D eigenvalue weighted by Crippen LogP contribution is -2.55. The molecule has 14 heavy (non-hydrogen) atoms. The van der Waals surface area contributed by atoms with E-state index in [2.05, 4.69) is 0 Å². The largest absolute Gasteiger partial charge is 0.394 e. The molecule has 84 valence electrons. The van der Waals surface area contributed by atoms with E-state index >= 15 is 0 Å². The molecular weight excluding hydrogens is 212 g/mol. The molecule has 2 atom stereocenters. The quantitative estimate of drug-likeness (QED) is 0.417. The summed E-state index contributed by atoms with van der Waals surface area (Å²) in [5.74, 6) is -10.2. The van der Waals surface area contributed by atoms with Gasteiger partial charge in [0.1, 0.15) is 6.10 Å². The summed E-state index contributed by atoms with van der Waals surface area (Å²) in [6.07, 6.45) is -7.00. The number of rotatable bonds is 5. The molecule has 0 aliphatic rings. The summed E-state index contributed by atoms with van der Waals surface area (Å²) in [5, 5.41) is 25.1. The highest BCUT2D eigenvalue weighted by molar-refractivity contribution is 5.61. The van der Waals surface area contributed by atoms with Crippen LogP contribution >= 0.6 is 0 Å². The van der Waals surface area contributed by atoms with E-state index in [4.69, 9.17) is 15.3 Å². The molecule has 0 saturated heterocycles. The molecule has 0 radical (unpaired) electrons. The van der Waals surface area contributed by atoms with Crippen molar-refractivity contribution in [1.82, 2.24) is 0 Å². The van der Waals surface area contributed by atoms with Gasteiger partial charge in [0.15, 0.2) is 12.4 Å². The fourth-order valence-corrected chi connectivity index (χ4v) is 0.617. The van der Waals surface area contributed by atoms with Crippen molar-refractivity contribution in [3.63, 3.8) is 0 Å². The first-order valence-corrected chi connectivity index (χ1v) is 3.39. The second-order valence-corrected chi connectivity index (χ2v) is 2.56. The number of hydrogen-bond donors (Lipinski definition) is 3. The monoisotopic (exact) mass is 220 g/mol. The molecule has 0 aromatic rings. The van der Waals surface area contributed by atoms with Crippen molar-refractivity contribution in [2.75, 3.05) is 6.61 Å². The highest BCUT2D eigenvalue weighted by Gasteiger charge is 2.62. The van der Waals surface area contributed by atoms with Crippen LogP contribution in [-0.2, 0) is 4.79 Å². The number of carbonyl (C=O) groups excluding carboxylic acids is 1. The molecule has 0 unspecified atom stereocenters. The van der Waals surface area contributed by atoms with Crippen LogP contribution < -0.4 is 0 Å². The smallest absolute Gasteiger partial charge is 0.367 e. The predicted octanol–water partition coefficient (Wildman–Crippen LogP) is -0.830. The van der Waals surface area contributed by atoms with Crippen molar-refractivity contribution in [3.05, 3.63) is 0 Å². The maximum Gasteiger partial charge on any atom is 0.367 e. The molecule has 0 bridgehead atoms. The molecule has 0 saturated carbocycles. The van der Waals surface area contributed by atoms with Gasteiger partial charge in [0, 0.05) is 0 Å². The molecule has 3 N–H and O–H groups in total. The topological polar surface area (TPSA) is 77.8 Å². The van der Waals surface area contributed by atoms with Crippen LogP contribution in [-0.4, -0.2) is 52.3 Å². The number of aldehydes is 1. The molecule has 0 heterocycles. The van der Waals surface area contributed by atoms with Crippen LogP contribution in [0.3, 0.4) is 0 Å². The Morgan fingerprint density at radius 1 is 1.21 bits per heavy atom. The van der Waals surface area contributed by atoms with Crippen LogP contribution in [0.5, 0.6) is 0 Å². The van der Waals surface area contributed by atoms with Gasteiger partial charge < -0.3 is 15.3 Å². The number of aliphatic hydroxyl groups is 3. The molecule has 0 aromatic carbocycles. The summed E-state index contributed by atoms with van der Waals surface area (Å²) >= 11 is 0. The van der Waals surface area contributed by atoms with Gasteiger partial charge in [-0.05, 0) is 0 Å². The van der Waals surface area contributed by atoms with Gasteiger partial charge in [-0.1, -0.05) is 0 Å². The fourth-order valence-electron chi connectivity index (χ4n) is 0.617. The number of hydrogen-bond acceptors (Lipinski definition) is 4. The molecule has 0 rings (SSSR count). The summed E-state index contributed by atoms with van der Waals surface area (Å²) in [5.41, 5.74) is 0. The molecule has 0 aliphatic heterocycles. The van der Waals surface area contributed by atoms with E-state index < -0.39 is 36.9 Å². The third kappa shape index (κ3) is 2.20. The number of carbonyl (C=O) groups is 1. The van der Waals surface area contributed by atoms with Crippen LogP contribution in [0.2, 0.25) is 0 Å². The maximum absolute atomic E-state index is 12.5. The summed E-state index contributed by atoms with van der Waals surface area (Å²) in [6.45, 7) is -1.33. The van der Waals surface area contributed by atoms with E-state index in [-0.39, 0.29) is 0 Å². The Morgan fingerprint density at radius 2 is 1.64 bits per heavy atom. The summed E-state index contributed by atoms with van der Waals surface area (Å²) in [4.78, 5) is 9.60. The standard InChI is InChI=1S/C6H8F4O4/c7-5(8,2-12)6(9,10)4(14)3(13)1-11/h2-4,11,13-14H,1H2/t3-,4+/m1/s1. The molecule has 0 aliphatic carbocycles.